The number of para-hydroxylation sites is 2. The molecule has 1 fully saturated rings. The summed E-state index contributed by atoms with van der Waals surface area (Å²) < 4.78 is 2.17. The Morgan fingerprint density at radius 2 is 1.89 bits per heavy atom. The molecule has 28 heavy (non-hydrogen) atoms. The molecule has 1 aromatic carbocycles. The average Bonchev–Trinajstić information content (AvgIpc) is 2.87. The number of carbonyl (C=O) groups excluding carboxylic acids is 2. The van der Waals surface area contributed by atoms with E-state index in [9.17, 15) is 9.59 Å². The number of aryl methyl sites for hydroxylation is 2. The number of fused-ring (bicyclic) bond motifs is 1. The summed E-state index contributed by atoms with van der Waals surface area (Å²) in [6, 6.07) is 8.05. The van der Waals surface area contributed by atoms with Gasteiger partial charge in [-0.15, -0.1) is 0 Å². The Morgan fingerprint density at radius 3 is 2.64 bits per heavy atom. The number of carbonyl (C=O) groups is 2. The van der Waals surface area contributed by atoms with Gasteiger partial charge in [0.2, 0.25) is 11.8 Å². The zero-order valence-electron chi connectivity index (χ0n) is 16.5. The van der Waals surface area contributed by atoms with Gasteiger partial charge in [-0.3, -0.25) is 9.59 Å². The van der Waals surface area contributed by atoms with E-state index in [1.165, 1.54) is 18.9 Å². The van der Waals surface area contributed by atoms with Crippen molar-refractivity contribution in [3.05, 3.63) is 42.7 Å². The van der Waals surface area contributed by atoms with Crippen LogP contribution in [0.1, 0.15) is 44.3 Å². The summed E-state index contributed by atoms with van der Waals surface area (Å²) in [6.45, 7) is 6.46. The molecule has 2 heterocycles. The van der Waals surface area contributed by atoms with Gasteiger partial charge in [-0.2, -0.15) is 0 Å². The van der Waals surface area contributed by atoms with Crippen molar-refractivity contribution in [2.45, 2.75) is 51.5 Å². The lowest BCUT2D eigenvalue weighted by Crippen LogP contribution is -2.32. The molecule has 2 amide bonds. The van der Waals surface area contributed by atoms with Gasteiger partial charge in [0.25, 0.3) is 0 Å². The molecule has 2 aromatic rings. The Balaban J connectivity index is 1.65. The molecule has 1 N–H and O–H groups in total. The summed E-state index contributed by atoms with van der Waals surface area (Å²) in [5.41, 5.74) is 2.02. The van der Waals surface area contributed by atoms with Gasteiger partial charge in [-0.25, -0.2) is 4.98 Å². The molecular formula is C22H30N4O2. The molecule has 1 aromatic heterocycles. The highest BCUT2D eigenvalue weighted by Crippen LogP contribution is 2.18. The maximum Gasteiger partial charge on any atom is 0.243 e. The number of rotatable bonds is 8. The standard InChI is InChI=1S/C22H30N4O2/c1-2-21(27)23-14-9-12-20-24-18-10-5-6-11-19(18)26(20)17-13-22(28)25-15-7-3-4-8-16-25/h2,5-6,10-11H,1,3-4,7-9,12-17H2,(H,23,27). The highest BCUT2D eigenvalue weighted by molar-refractivity contribution is 5.86. The Kier molecular flexibility index (Phi) is 7.23. The van der Waals surface area contributed by atoms with Crippen LogP contribution in [0.2, 0.25) is 0 Å². The Hall–Kier alpha value is -2.63. The number of imidazole rings is 1. The fourth-order valence-electron chi connectivity index (χ4n) is 3.78. The van der Waals surface area contributed by atoms with Crippen LogP contribution in [-0.4, -0.2) is 45.9 Å². The quantitative estimate of drug-likeness (QED) is 0.564. The molecule has 0 unspecified atom stereocenters. The van der Waals surface area contributed by atoms with Crippen LogP contribution in [0.5, 0.6) is 0 Å². The van der Waals surface area contributed by atoms with Crippen LogP contribution >= 0.6 is 0 Å². The summed E-state index contributed by atoms with van der Waals surface area (Å²) in [4.78, 5) is 30.8. The fraction of sp³-hybridized carbons (Fsp3) is 0.500. The predicted molar refractivity (Wildman–Crippen MR) is 111 cm³/mol. The van der Waals surface area contributed by atoms with Crippen LogP contribution < -0.4 is 5.32 Å². The molecular weight excluding hydrogens is 352 g/mol. The number of likely N-dealkylation sites (tertiary alicyclic amines) is 1. The highest BCUT2D eigenvalue weighted by Gasteiger charge is 2.17. The first-order valence-corrected chi connectivity index (χ1v) is 10.3. The van der Waals surface area contributed by atoms with E-state index in [-0.39, 0.29) is 11.8 Å². The molecule has 150 valence electrons. The maximum absolute atomic E-state index is 12.7. The van der Waals surface area contributed by atoms with Crippen molar-refractivity contribution in [3.63, 3.8) is 0 Å². The lowest BCUT2D eigenvalue weighted by Gasteiger charge is -2.20. The van der Waals surface area contributed by atoms with Crippen LogP contribution in [0.3, 0.4) is 0 Å². The molecule has 6 heteroatoms. The van der Waals surface area contributed by atoms with Gasteiger partial charge in [0.1, 0.15) is 5.82 Å². The number of nitrogens with one attached hydrogen (secondary N) is 1. The Labute approximate surface area is 166 Å². The molecule has 0 atom stereocenters. The van der Waals surface area contributed by atoms with Gasteiger partial charge in [0.05, 0.1) is 11.0 Å². The van der Waals surface area contributed by atoms with Gasteiger partial charge < -0.3 is 14.8 Å². The Bertz CT molecular complexity index is 819. The minimum absolute atomic E-state index is 0.156. The van der Waals surface area contributed by atoms with Crippen LogP contribution in [0, 0.1) is 0 Å². The van der Waals surface area contributed by atoms with E-state index in [0.29, 0.717) is 19.5 Å². The van der Waals surface area contributed by atoms with Gasteiger partial charge in [-0.05, 0) is 37.5 Å². The molecule has 0 spiro atoms. The SMILES string of the molecule is C=CC(=O)NCCCc1nc2ccccc2n1CCC(=O)N1CCCCCC1. The Morgan fingerprint density at radius 1 is 1.14 bits per heavy atom. The zero-order chi connectivity index (χ0) is 19.8. The molecule has 1 saturated heterocycles. The third-order valence-corrected chi connectivity index (χ3v) is 5.30. The molecule has 1 aliphatic rings. The summed E-state index contributed by atoms with van der Waals surface area (Å²) in [7, 11) is 0. The first-order chi connectivity index (χ1) is 13.7. The number of aromatic nitrogens is 2. The van der Waals surface area contributed by atoms with Gasteiger partial charge in [-0.1, -0.05) is 31.6 Å². The predicted octanol–water partition coefficient (Wildman–Crippen LogP) is 3.06. The lowest BCUT2D eigenvalue weighted by molar-refractivity contribution is -0.131. The van der Waals surface area contributed by atoms with E-state index in [2.05, 4.69) is 22.5 Å². The van der Waals surface area contributed by atoms with Crippen LogP contribution in [-0.2, 0) is 22.6 Å². The third-order valence-electron chi connectivity index (χ3n) is 5.30. The molecule has 0 aliphatic carbocycles. The first kappa shape index (κ1) is 20.1. The second-order valence-corrected chi connectivity index (χ2v) is 7.31. The van der Waals surface area contributed by atoms with Crippen molar-refractivity contribution in [1.29, 1.82) is 0 Å². The topological polar surface area (TPSA) is 67.2 Å². The van der Waals surface area contributed by atoms with Gasteiger partial charge >= 0.3 is 0 Å². The van der Waals surface area contributed by atoms with Crippen LogP contribution in [0.4, 0.5) is 0 Å². The average molecular weight is 383 g/mol. The largest absolute Gasteiger partial charge is 0.353 e. The lowest BCUT2D eigenvalue weighted by atomic mass is 10.2. The van der Waals surface area contributed by atoms with E-state index in [1.54, 1.807) is 0 Å². The zero-order valence-corrected chi connectivity index (χ0v) is 16.5. The number of hydrogen-bond acceptors (Lipinski definition) is 3. The van der Waals surface area contributed by atoms with Crippen molar-refractivity contribution in [3.8, 4) is 0 Å². The monoisotopic (exact) mass is 382 g/mol. The van der Waals surface area contributed by atoms with Gasteiger partial charge in [0, 0.05) is 39.0 Å². The number of nitrogens with zero attached hydrogens (tertiary/aromatic N) is 3. The normalized spacial score (nSPS) is 14.6. The maximum atomic E-state index is 12.7. The van der Waals surface area contributed by atoms with E-state index in [4.69, 9.17) is 4.98 Å². The summed E-state index contributed by atoms with van der Waals surface area (Å²) >= 11 is 0. The third kappa shape index (κ3) is 5.21. The first-order valence-electron chi connectivity index (χ1n) is 10.3. The van der Waals surface area contributed by atoms with Crippen molar-refractivity contribution in [2.24, 2.45) is 0 Å². The molecule has 0 radical (unpaired) electrons. The number of amides is 2. The highest BCUT2D eigenvalue weighted by atomic mass is 16.2. The van der Waals surface area contributed by atoms with Crippen molar-refractivity contribution in [1.82, 2.24) is 19.8 Å². The van der Waals surface area contributed by atoms with E-state index >= 15 is 0 Å². The molecule has 0 bridgehead atoms. The van der Waals surface area contributed by atoms with Crippen molar-refractivity contribution < 1.29 is 9.59 Å². The molecule has 3 rings (SSSR count). The van der Waals surface area contributed by atoms with E-state index < -0.39 is 0 Å². The summed E-state index contributed by atoms with van der Waals surface area (Å²) in [5, 5.41) is 2.80. The molecule has 6 nitrogen and oxygen atoms in total. The molecule has 0 saturated carbocycles. The number of hydrogen-bond donors (Lipinski definition) is 1. The van der Waals surface area contributed by atoms with Crippen LogP contribution in [0.25, 0.3) is 11.0 Å². The summed E-state index contributed by atoms with van der Waals surface area (Å²) in [5.74, 6) is 1.05. The van der Waals surface area contributed by atoms with Crippen LogP contribution in [0.15, 0.2) is 36.9 Å². The minimum Gasteiger partial charge on any atom is -0.353 e. The fourth-order valence-corrected chi connectivity index (χ4v) is 3.78. The second-order valence-electron chi connectivity index (χ2n) is 7.31. The van der Waals surface area contributed by atoms with E-state index in [1.807, 2.05) is 23.1 Å². The van der Waals surface area contributed by atoms with Crippen molar-refractivity contribution >= 4 is 22.8 Å². The molecule has 1 aliphatic heterocycles. The smallest absolute Gasteiger partial charge is 0.243 e. The van der Waals surface area contributed by atoms with Gasteiger partial charge in [0.15, 0.2) is 0 Å². The van der Waals surface area contributed by atoms with Crippen molar-refractivity contribution in [2.75, 3.05) is 19.6 Å². The number of benzene rings is 1. The second kappa shape index (κ2) is 10.1. The van der Waals surface area contributed by atoms with E-state index in [0.717, 1.165) is 55.6 Å². The minimum atomic E-state index is -0.156. The summed E-state index contributed by atoms with van der Waals surface area (Å²) in [6.07, 6.45) is 8.00.